The molecule has 0 unspecified atom stereocenters. The van der Waals surface area contributed by atoms with E-state index in [1.807, 2.05) is 31.3 Å². The van der Waals surface area contributed by atoms with Gasteiger partial charge in [0.05, 0.1) is 17.7 Å². The van der Waals surface area contributed by atoms with Crippen molar-refractivity contribution in [1.82, 2.24) is 4.57 Å². The minimum Gasteiger partial charge on any atom is -0.462 e. The Bertz CT molecular complexity index is 802. The van der Waals surface area contributed by atoms with Crippen LogP contribution in [0, 0.1) is 6.92 Å². The molecule has 0 saturated carbocycles. The van der Waals surface area contributed by atoms with Crippen molar-refractivity contribution >= 4 is 16.9 Å². The van der Waals surface area contributed by atoms with Gasteiger partial charge in [-0.25, -0.2) is 4.79 Å². The predicted molar refractivity (Wildman–Crippen MR) is 84.0 cm³/mol. The molecule has 0 fully saturated rings. The first-order valence-corrected chi connectivity index (χ1v) is 7.04. The van der Waals surface area contributed by atoms with Crippen LogP contribution in [0.4, 0.5) is 0 Å². The van der Waals surface area contributed by atoms with Crippen molar-refractivity contribution in [3.63, 3.8) is 0 Å². The molecule has 0 aliphatic rings. The Labute approximate surface area is 123 Å². The number of carbonyl (C=O) groups excluding carboxylic acids is 1. The first-order valence-electron chi connectivity index (χ1n) is 7.04. The Balaban J connectivity index is 2.06. The van der Waals surface area contributed by atoms with Crippen LogP contribution in [0.2, 0.25) is 0 Å². The molecule has 2 aromatic carbocycles. The molecule has 106 valence electrons. The third-order valence-electron chi connectivity index (χ3n) is 3.48. The zero-order chi connectivity index (χ0) is 14.8. The topological polar surface area (TPSA) is 31.2 Å². The summed E-state index contributed by atoms with van der Waals surface area (Å²) in [5, 5.41) is 1.19. The van der Waals surface area contributed by atoms with Gasteiger partial charge in [0.15, 0.2) is 0 Å². The molecule has 3 aromatic rings. The number of carbonyl (C=O) groups is 1. The fourth-order valence-corrected chi connectivity index (χ4v) is 2.48. The van der Waals surface area contributed by atoms with Crippen molar-refractivity contribution in [2.45, 2.75) is 13.8 Å². The largest absolute Gasteiger partial charge is 0.462 e. The lowest BCUT2D eigenvalue weighted by molar-refractivity contribution is 0.0526. The molecule has 3 nitrogen and oxygen atoms in total. The molecule has 21 heavy (non-hydrogen) atoms. The van der Waals surface area contributed by atoms with Gasteiger partial charge in [0.2, 0.25) is 0 Å². The van der Waals surface area contributed by atoms with Crippen LogP contribution in [-0.2, 0) is 4.74 Å². The number of hydrogen-bond acceptors (Lipinski definition) is 2. The number of aryl methyl sites for hydroxylation is 1. The van der Waals surface area contributed by atoms with Crippen molar-refractivity contribution in [3.8, 4) is 5.69 Å². The van der Waals surface area contributed by atoms with Crippen LogP contribution in [0.1, 0.15) is 22.8 Å². The van der Waals surface area contributed by atoms with Crippen molar-refractivity contribution in [3.05, 3.63) is 65.9 Å². The summed E-state index contributed by atoms with van der Waals surface area (Å²) in [7, 11) is 0. The third-order valence-corrected chi connectivity index (χ3v) is 3.48. The number of esters is 1. The summed E-state index contributed by atoms with van der Waals surface area (Å²) in [6.07, 6.45) is 2.02. The highest BCUT2D eigenvalue weighted by atomic mass is 16.5. The summed E-state index contributed by atoms with van der Waals surface area (Å²) in [6, 6.07) is 15.9. The first-order chi connectivity index (χ1) is 10.2. The van der Waals surface area contributed by atoms with E-state index < -0.39 is 0 Å². The van der Waals surface area contributed by atoms with E-state index in [1.54, 1.807) is 6.07 Å². The first kappa shape index (κ1) is 13.4. The van der Waals surface area contributed by atoms with E-state index in [1.165, 1.54) is 10.9 Å². The van der Waals surface area contributed by atoms with Crippen molar-refractivity contribution < 1.29 is 9.53 Å². The summed E-state index contributed by atoms with van der Waals surface area (Å²) in [5.41, 5.74) is 3.89. The predicted octanol–water partition coefficient (Wildman–Crippen LogP) is 4.12. The van der Waals surface area contributed by atoms with Crippen LogP contribution in [0.5, 0.6) is 0 Å². The lowest BCUT2D eigenvalue weighted by Gasteiger charge is -2.08. The molecule has 0 amide bonds. The Morgan fingerprint density at radius 3 is 2.81 bits per heavy atom. The Morgan fingerprint density at radius 1 is 1.14 bits per heavy atom. The van der Waals surface area contributed by atoms with Gasteiger partial charge in [-0.05, 0) is 50.2 Å². The molecular weight excluding hydrogens is 262 g/mol. The monoisotopic (exact) mass is 279 g/mol. The lowest BCUT2D eigenvalue weighted by Crippen LogP contribution is -2.05. The smallest absolute Gasteiger partial charge is 0.338 e. The molecule has 1 aromatic heterocycles. The average molecular weight is 279 g/mol. The fraction of sp³-hybridized carbons (Fsp3) is 0.167. The highest BCUT2D eigenvalue weighted by molar-refractivity contribution is 5.90. The van der Waals surface area contributed by atoms with E-state index in [2.05, 4.69) is 35.8 Å². The maximum absolute atomic E-state index is 11.8. The number of fused-ring (bicyclic) bond motifs is 1. The van der Waals surface area contributed by atoms with Crippen molar-refractivity contribution in [2.75, 3.05) is 6.61 Å². The molecule has 0 aliphatic carbocycles. The summed E-state index contributed by atoms with van der Waals surface area (Å²) >= 11 is 0. The minimum atomic E-state index is -0.286. The molecule has 0 radical (unpaired) electrons. The molecule has 1 heterocycles. The second kappa shape index (κ2) is 5.44. The number of hydrogen-bond donors (Lipinski definition) is 0. The molecule has 0 atom stereocenters. The van der Waals surface area contributed by atoms with Gasteiger partial charge in [-0.1, -0.05) is 17.7 Å². The Morgan fingerprint density at radius 2 is 2.00 bits per heavy atom. The van der Waals surface area contributed by atoms with Gasteiger partial charge in [-0.2, -0.15) is 0 Å². The summed E-state index contributed by atoms with van der Waals surface area (Å²) in [6.45, 7) is 4.27. The zero-order valence-electron chi connectivity index (χ0n) is 12.2. The number of benzene rings is 2. The molecule has 0 spiro atoms. The van der Waals surface area contributed by atoms with E-state index in [9.17, 15) is 4.79 Å². The number of ether oxygens (including phenoxy) is 1. The standard InChI is InChI=1S/C18H17NO2/c1-3-21-18(20)15-5-4-6-16(12-15)19-10-9-14-11-13(2)7-8-17(14)19/h4-12H,3H2,1-2H3. The van der Waals surface area contributed by atoms with Gasteiger partial charge >= 0.3 is 5.97 Å². The fourth-order valence-electron chi connectivity index (χ4n) is 2.48. The SMILES string of the molecule is CCOC(=O)c1cccc(-n2ccc3cc(C)ccc32)c1. The second-order valence-electron chi connectivity index (χ2n) is 5.02. The van der Waals surface area contributed by atoms with Gasteiger partial charge < -0.3 is 9.30 Å². The molecule has 0 aliphatic heterocycles. The van der Waals surface area contributed by atoms with Gasteiger partial charge in [0.25, 0.3) is 0 Å². The maximum atomic E-state index is 11.8. The summed E-state index contributed by atoms with van der Waals surface area (Å²) in [5.74, 6) is -0.286. The second-order valence-corrected chi connectivity index (χ2v) is 5.02. The molecule has 0 N–H and O–H groups in total. The summed E-state index contributed by atoms with van der Waals surface area (Å²) < 4.78 is 7.14. The van der Waals surface area contributed by atoms with E-state index in [-0.39, 0.29) is 5.97 Å². The molecule has 0 saturated heterocycles. The molecule has 0 bridgehead atoms. The van der Waals surface area contributed by atoms with Crippen LogP contribution >= 0.6 is 0 Å². The Kier molecular flexibility index (Phi) is 3.48. The van der Waals surface area contributed by atoms with Crippen LogP contribution in [-0.4, -0.2) is 17.1 Å². The highest BCUT2D eigenvalue weighted by Gasteiger charge is 2.09. The maximum Gasteiger partial charge on any atom is 0.338 e. The van der Waals surface area contributed by atoms with Gasteiger partial charge in [-0.3, -0.25) is 0 Å². The Hall–Kier alpha value is -2.55. The number of aromatic nitrogens is 1. The van der Waals surface area contributed by atoms with E-state index in [0.717, 1.165) is 11.2 Å². The molecule has 3 heteroatoms. The van der Waals surface area contributed by atoms with Gasteiger partial charge in [-0.15, -0.1) is 0 Å². The van der Waals surface area contributed by atoms with Crippen LogP contribution in [0.3, 0.4) is 0 Å². The lowest BCUT2D eigenvalue weighted by atomic mass is 10.1. The van der Waals surface area contributed by atoms with E-state index >= 15 is 0 Å². The average Bonchev–Trinajstić information content (AvgIpc) is 2.90. The van der Waals surface area contributed by atoms with Crippen molar-refractivity contribution in [1.29, 1.82) is 0 Å². The number of rotatable bonds is 3. The minimum absolute atomic E-state index is 0.286. The van der Waals surface area contributed by atoms with E-state index in [4.69, 9.17) is 4.74 Å². The van der Waals surface area contributed by atoms with E-state index in [0.29, 0.717) is 12.2 Å². The highest BCUT2D eigenvalue weighted by Crippen LogP contribution is 2.22. The molecular formula is C18H17NO2. The quantitative estimate of drug-likeness (QED) is 0.675. The normalized spacial score (nSPS) is 10.8. The third kappa shape index (κ3) is 2.55. The number of nitrogens with zero attached hydrogens (tertiary/aromatic N) is 1. The van der Waals surface area contributed by atoms with Crippen molar-refractivity contribution in [2.24, 2.45) is 0 Å². The van der Waals surface area contributed by atoms with Crippen LogP contribution in [0.25, 0.3) is 16.6 Å². The summed E-state index contributed by atoms with van der Waals surface area (Å²) in [4.78, 5) is 11.8. The van der Waals surface area contributed by atoms with Crippen LogP contribution < -0.4 is 0 Å². The zero-order valence-corrected chi connectivity index (χ0v) is 12.2. The molecule has 3 rings (SSSR count). The van der Waals surface area contributed by atoms with Gasteiger partial charge in [0.1, 0.15) is 0 Å². The van der Waals surface area contributed by atoms with Crippen LogP contribution in [0.15, 0.2) is 54.7 Å². The van der Waals surface area contributed by atoms with Gasteiger partial charge in [0, 0.05) is 17.3 Å².